The lowest BCUT2D eigenvalue weighted by molar-refractivity contribution is 0.0944. The summed E-state index contributed by atoms with van der Waals surface area (Å²) in [6.45, 7) is 2.83. The van der Waals surface area contributed by atoms with Crippen molar-refractivity contribution in [2.75, 3.05) is 6.54 Å². The summed E-state index contributed by atoms with van der Waals surface area (Å²) in [6, 6.07) is 1.71. The fourth-order valence-electron chi connectivity index (χ4n) is 1.07. The zero-order valence-corrected chi connectivity index (χ0v) is 8.08. The third-order valence-corrected chi connectivity index (χ3v) is 1.87. The summed E-state index contributed by atoms with van der Waals surface area (Å²) in [7, 11) is 1.76. The van der Waals surface area contributed by atoms with Crippen LogP contribution < -0.4 is 5.32 Å². The van der Waals surface area contributed by atoms with E-state index < -0.39 is 0 Å². The Morgan fingerprint density at radius 3 is 3.00 bits per heavy atom. The molecule has 4 heteroatoms. The molecule has 1 amide bonds. The number of nitrogens with zero attached hydrogens (tertiary/aromatic N) is 2. The van der Waals surface area contributed by atoms with Crippen LogP contribution in [0.4, 0.5) is 0 Å². The number of hydrogen-bond acceptors (Lipinski definition) is 2. The first kappa shape index (κ1) is 9.77. The van der Waals surface area contributed by atoms with E-state index in [1.165, 1.54) is 0 Å². The van der Waals surface area contributed by atoms with Gasteiger partial charge in [0, 0.05) is 19.8 Å². The number of nitrogens with one attached hydrogen (secondary N) is 1. The molecule has 1 N–H and O–H groups in total. The maximum Gasteiger partial charge on any atom is 0.269 e. The predicted molar refractivity (Wildman–Crippen MR) is 50.4 cm³/mol. The summed E-state index contributed by atoms with van der Waals surface area (Å²) >= 11 is 0. The van der Waals surface area contributed by atoms with Crippen LogP contribution in [0.1, 0.15) is 30.3 Å². The van der Waals surface area contributed by atoms with Crippen molar-refractivity contribution in [1.29, 1.82) is 0 Å². The van der Waals surface area contributed by atoms with Crippen molar-refractivity contribution in [3.63, 3.8) is 0 Å². The largest absolute Gasteiger partial charge is 0.351 e. The highest BCUT2D eigenvalue weighted by Crippen LogP contribution is 1.95. The first-order valence-corrected chi connectivity index (χ1v) is 4.52. The molecule has 72 valence electrons. The van der Waals surface area contributed by atoms with Gasteiger partial charge in [0.05, 0.1) is 0 Å². The van der Waals surface area contributed by atoms with Crippen molar-refractivity contribution in [2.45, 2.75) is 19.8 Å². The van der Waals surface area contributed by atoms with E-state index in [-0.39, 0.29) is 5.91 Å². The van der Waals surface area contributed by atoms with Crippen molar-refractivity contribution in [1.82, 2.24) is 15.1 Å². The van der Waals surface area contributed by atoms with Gasteiger partial charge in [0.2, 0.25) is 0 Å². The van der Waals surface area contributed by atoms with Crippen molar-refractivity contribution < 1.29 is 4.79 Å². The monoisotopic (exact) mass is 181 g/mol. The summed E-state index contributed by atoms with van der Waals surface area (Å²) in [5, 5.41) is 6.75. The Hall–Kier alpha value is -1.32. The van der Waals surface area contributed by atoms with Crippen molar-refractivity contribution in [2.24, 2.45) is 7.05 Å². The summed E-state index contributed by atoms with van der Waals surface area (Å²) in [6.07, 6.45) is 3.73. The third-order valence-electron chi connectivity index (χ3n) is 1.87. The second kappa shape index (κ2) is 4.64. The van der Waals surface area contributed by atoms with Crippen LogP contribution >= 0.6 is 0 Å². The van der Waals surface area contributed by atoms with Gasteiger partial charge in [-0.05, 0) is 12.5 Å². The van der Waals surface area contributed by atoms with Gasteiger partial charge in [0.15, 0.2) is 0 Å². The zero-order valence-electron chi connectivity index (χ0n) is 8.08. The summed E-state index contributed by atoms with van der Waals surface area (Å²) < 4.78 is 1.57. The standard InChI is InChI=1S/C9H15N3O/c1-3-4-6-10-9(13)8-5-7-11-12(8)2/h5,7H,3-4,6H2,1-2H3,(H,10,13). The highest BCUT2D eigenvalue weighted by Gasteiger charge is 2.07. The summed E-state index contributed by atoms with van der Waals surface area (Å²) in [5.74, 6) is -0.0477. The summed E-state index contributed by atoms with van der Waals surface area (Å²) in [4.78, 5) is 11.4. The molecular formula is C9H15N3O. The molecule has 0 unspecified atom stereocenters. The van der Waals surface area contributed by atoms with Gasteiger partial charge in [-0.2, -0.15) is 5.10 Å². The molecule has 0 atom stereocenters. The van der Waals surface area contributed by atoms with Gasteiger partial charge in [-0.25, -0.2) is 0 Å². The number of aromatic nitrogens is 2. The Bertz CT molecular complexity index is 280. The molecule has 0 saturated carbocycles. The molecule has 0 saturated heterocycles. The molecule has 1 aromatic heterocycles. The Morgan fingerprint density at radius 1 is 1.69 bits per heavy atom. The van der Waals surface area contributed by atoms with E-state index in [0.29, 0.717) is 5.69 Å². The van der Waals surface area contributed by atoms with Gasteiger partial charge in [-0.1, -0.05) is 13.3 Å². The van der Waals surface area contributed by atoms with Crippen LogP contribution in [0.15, 0.2) is 12.3 Å². The molecule has 1 heterocycles. The Labute approximate surface area is 77.9 Å². The number of carbonyl (C=O) groups excluding carboxylic acids is 1. The lowest BCUT2D eigenvalue weighted by Gasteiger charge is -2.03. The van der Waals surface area contributed by atoms with Crippen LogP contribution in [0.25, 0.3) is 0 Å². The van der Waals surface area contributed by atoms with Gasteiger partial charge in [-0.3, -0.25) is 9.48 Å². The average Bonchev–Trinajstić information content (AvgIpc) is 2.52. The highest BCUT2D eigenvalue weighted by atomic mass is 16.2. The normalized spacial score (nSPS) is 10.0. The Morgan fingerprint density at radius 2 is 2.46 bits per heavy atom. The molecule has 0 aliphatic heterocycles. The molecule has 13 heavy (non-hydrogen) atoms. The maximum atomic E-state index is 11.4. The second-order valence-corrected chi connectivity index (χ2v) is 2.95. The third kappa shape index (κ3) is 2.57. The van der Waals surface area contributed by atoms with Crippen molar-refractivity contribution >= 4 is 5.91 Å². The predicted octanol–water partition coefficient (Wildman–Crippen LogP) is 0.950. The van der Waals surface area contributed by atoms with Crippen LogP contribution in [0.2, 0.25) is 0 Å². The molecule has 0 radical (unpaired) electrons. The number of hydrogen-bond donors (Lipinski definition) is 1. The quantitative estimate of drug-likeness (QED) is 0.703. The highest BCUT2D eigenvalue weighted by molar-refractivity contribution is 5.92. The lowest BCUT2D eigenvalue weighted by atomic mass is 10.3. The smallest absolute Gasteiger partial charge is 0.269 e. The van der Waals surface area contributed by atoms with E-state index in [1.807, 2.05) is 0 Å². The molecular weight excluding hydrogens is 166 g/mol. The van der Waals surface area contributed by atoms with E-state index in [4.69, 9.17) is 0 Å². The number of carbonyl (C=O) groups is 1. The number of amides is 1. The van der Waals surface area contributed by atoms with Gasteiger partial charge in [0.25, 0.3) is 5.91 Å². The minimum Gasteiger partial charge on any atom is -0.351 e. The molecule has 1 rings (SSSR count). The fraction of sp³-hybridized carbons (Fsp3) is 0.556. The van der Waals surface area contributed by atoms with Crippen LogP contribution in [0.3, 0.4) is 0 Å². The molecule has 0 fully saturated rings. The number of rotatable bonds is 4. The van der Waals surface area contributed by atoms with Crippen LogP contribution in [0.5, 0.6) is 0 Å². The summed E-state index contributed by atoms with van der Waals surface area (Å²) in [5.41, 5.74) is 0.608. The van der Waals surface area contributed by atoms with Crippen LogP contribution in [0, 0.1) is 0 Å². The topological polar surface area (TPSA) is 46.9 Å². The molecule has 0 bridgehead atoms. The van der Waals surface area contributed by atoms with Gasteiger partial charge in [0.1, 0.15) is 5.69 Å². The minimum atomic E-state index is -0.0477. The van der Waals surface area contributed by atoms with E-state index >= 15 is 0 Å². The SMILES string of the molecule is CCCCNC(=O)c1ccnn1C. The Balaban J connectivity index is 2.45. The van der Waals surface area contributed by atoms with Gasteiger partial charge >= 0.3 is 0 Å². The molecule has 4 nitrogen and oxygen atoms in total. The Kier molecular flexibility index (Phi) is 3.49. The van der Waals surface area contributed by atoms with E-state index in [1.54, 1.807) is 24.0 Å². The van der Waals surface area contributed by atoms with E-state index in [0.717, 1.165) is 19.4 Å². The molecule has 0 aromatic carbocycles. The fourth-order valence-corrected chi connectivity index (χ4v) is 1.07. The first-order chi connectivity index (χ1) is 6.25. The number of aryl methyl sites for hydroxylation is 1. The molecule has 1 aromatic rings. The van der Waals surface area contributed by atoms with Gasteiger partial charge in [-0.15, -0.1) is 0 Å². The van der Waals surface area contributed by atoms with Crippen molar-refractivity contribution in [3.05, 3.63) is 18.0 Å². The van der Waals surface area contributed by atoms with Crippen molar-refractivity contribution in [3.8, 4) is 0 Å². The maximum absolute atomic E-state index is 11.4. The van der Waals surface area contributed by atoms with Gasteiger partial charge < -0.3 is 5.32 Å². The minimum absolute atomic E-state index is 0.0477. The zero-order chi connectivity index (χ0) is 9.68. The first-order valence-electron chi connectivity index (χ1n) is 4.52. The van der Waals surface area contributed by atoms with E-state index in [9.17, 15) is 4.79 Å². The molecule has 0 aliphatic carbocycles. The second-order valence-electron chi connectivity index (χ2n) is 2.95. The van der Waals surface area contributed by atoms with E-state index in [2.05, 4.69) is 17.3 Å². The lowest BCUT2D eigenvalue weighted by Crippen LogP contribution is -2.26. The number of unbranched alkanes of at least 4 members (excludes halogenated alkanes) is 1. The van der Waals surface area contributed by atoms with Crippen LogP contribution in [-0.4, -0.2) is 22.2 Å². The molecule has 0 aliphatic rings. The average molecular weight is 181 g/mol. The van der Waals surface area contributed by atoms with Crippen LogP contribution in [-0.2, 0) is 7.05 Å². The molecule has 0 spiro atoms.